The number of hydrogen-bond acceptors (Lipinski definition) is 4. The molecule has 2 aromatic rings. The van der Waals surface area contributed by atoms with Gasteiger partial charge in [-0.2, -0.15) is 0 Å². The predicted molar refractivity (Wildman–Crippen MR) is 69.9 cm³/mol. The van der Waals surface area contributed by atoms with Crippen LogP contribution in [0.5, 0.6) is 11.5 Å². The number of benzene rings is 1. The fourth-order valence-electron chi connectivity index (χ4n) is 2.07. The monoisotopic (exact) mass is 246 g/mol. The van der Waals surface area contributed by atoms with Gasteiger partial charge in [0, 0.05) is 12.1 Å². The average Bonchev–Trinajstić information content (AvgIpc) is 2.28. The molecular weight excluding hydrogens is 232 g/mol. The minimum absolute atomic E-state index is 0.0969. The Balaban J connectivity index is 2.97. The topological polar surface area (TPSA) is 70.7 Å². The van der Waals surface area contributed by atoms with Crippen LogP contribution < -0.4 is 5.63 Å². The van der Waals surface area contributed by atoms with Gasteiger partial charge in [0.15, 0.2) is 5.58 Å². The van der Waals surface area contributed by atoms with Crippen molar-refractivity contribution in [3.8, 4) is 11.5 Å². The van der Waals surface area contributed by atoms with E-state index in [-0.39, 0.29) is 17.1 Å². The lowest BCUT2D eigenvalue weighted by Gasteiger charge is -2.09. The third-order valence-corrected chi connectivity index (χ3v) is 2.82. The van der Waals surface area contributed by atoms with E-state index < -0.39 is 5.63 Å². The van der Waals surface area contributed by atoms with Crippen LogP contribution in [0.25, 0.3) is 17.0 Å². The molecule has 0 aliphatic heterocycles. The van der Waals surface area contributed by atoms with Crippen LogP contribution in [0, 0.1) is 0 Å². The molecule has 2 rings (SSSR count). The summed E-state index contributed by atoms with van der Waals surface area (Å²) in [5.41, 5.74) is 0.708. The van der Waals surface area contributed by atoms with E-state index in [1.807, 2.05) is 6.92 Å². The molecular formula is C14H14O4. The maximum Gasteiger partial charge on any atom is 0.336 e. The third kappa shape index (κ3) is 1.86. The summed E-state index contributed by atoms with van der Waals surface area (Å²) in [5, 5.41) is 20.1. The second kappa shape index (κ2) is 4.56. The van der Waals surface area contributed by atoms with Crippen molar-refractivity contribution < 1.29 is 14.6 Å². The molecule has 0 atom stereocenters. The number of rotatable bonds is 3. The highest BCUT2D eigenvalue weighted by Crippen LogP contribution is 2.36. The zero-order chi connectivity index (χ0) is 13.3. The van der Waals surface area contributed by atoms with Gasteiger partial charge in [-0.15, -0.1) is 0 Å². The molecule has 1 aromatic carbocycles. The molecule has 0 fully saturated rings. The number of fused-ring (bicyclic) bond motifs is 1. The summed E-state index contributed by atoms with van der Waals surface area (Å²) in [6, 6.07) is 2.61. The van der Waals surface area contributed by atoms with Gasteiger partial charge < -0.3 is 14.6 Å². The van der Waals surface area contributed by atoms with Gasteiger partial charge in [0.2, 0.25) is 0 Å². The quantitative estimate of drug-likeness (QED) is 0.817. The molecule has 4 nitrogen and oxygen atoms in total. The van der Waals surface area contributed by atoms with E-state index in [4.69, 9.17) is 4.42 Å². The predicted octanol–water partition coefficient (Wildman–Crippen LogP) is 2.80. The van der Waals surface area contributed by atoms with Crippen LogP contribution in [0.2, 0.25) is 0 Å². The molecule has 1 heterocycles. The molecule has 0 aliphatic carbocycles. The van der Waals surface area contributed by atoms with Gasteiger partial charge in [-0.25, -0.2) is 4.79 Å². The van der Waals surface area contributed by atoms with Crippen molar-refractivity contribution in [3.63, 3.8) is 0 Å². The Morgan fingerprint density at radius 1 is 1.33 bits per heavy atom. The highest BCUT2D eigenvalue weighted by molar-refractivity contribution is 5.94. The lowest BCUT2D eigenvalue weighted by Crippen LogP contribution is -2.01. The normalized spacial score (nSPS) is 10.7. The number of aryl methyl sites for hydroxylation is 1. The summed E-state index contributed by atoms with van der Waals surface area (Å²) < 4.78 is 5.09. The van der Waals surface area contributed by atoms with Crippen molar-refractivity contribution >= 4 is 17.0 Å². The van der Waals surface area contributed by atoms with Crippen LogP contribution in [0.1, 0.15) is 24.5 Å². The number of hydrogen-bond donors (Lipinski definition) is 2. The molecule has 0 saturated heterocycles. The Bertz CT molecular complexity index is 668. The molecule has 2 N–H and O–H groups in total. The summed E-state index contributed by atoms with van der Waals surface area (Å²) in [6.07, 6.45) is 2.88. The summed E-state index contributed by atoms with van der Waals surface area (Å²) in [5.74, 6) is -0.257. The molecule has 94 valence electrons. The van der Waals surface area contributed by atoms with Crippen LogP contribution in [0.4, 0.5) is 0 Å². The van der Waals surface area contributed by atoms with E-state index in [1.54, 1.807) is 0 Å². The van der Waals surface area contributed by atoms with Gasteiger partial charge >= 0.3 is 5.63 Å². The van der Waals surface area contributed by atoms with Crippen LogP contribution >= 0.6 is 0 Å². The largest absolute Gasteiger partial charge is 0.507 e. The third-order valence-electron chi connectivity index (χ3n) is 2.82. The molecule has 1 aromatic heterocycles. The standard InChI is InChI=1S/C14H14O4/c1-3-5-8-6-12(17)18-14-9(4-2)10(15)7-11(16)13(8)14/h4,6-7,15-16H,2-3,5H2,1H3. The van der Waals surface area contributed by atoms with Crippen molar-refractivity contribution in [2.75, 3.05) is 0 Å². The zero-order valence-electron chi connectivity index (χ0n) is 10.1. The van der Waals surface area contributed by atoms with E-state index >= 15 is 0 Å². The molecule has 0 saturated carbocycles. The van der Waals surface area contributed by atoms with Gasteiger partial charge in [-0.3, -0.25) is 0 Å². The average molecular weight is 246 g/mol. The molecule has 4 heteroatoms. The van der Waals surface area contributed by atoms with Gasteiger partial charge in [0.25, 0.3) is 0 Å². The molecule has 0 spiro atoms. The second-order valence-electron chi connectivity index (χ2n) is 4.08. The fraction of sp³-hybridized carbons (Fsp3) is 0.214. The van der Waals surface area contributed by atoms with E-state index in [2.05, 4.69) is 6.58 Å². The van der Waals surface area contributed by atoms with Gasteiger partial charge in [-0.1, -0.05) is 26.0 Å². The molecule has 0 radical (unpaired) electrons. The first-order valence-corrected chi connectivity index (χ1v) is 5.72. The van der Waals surface area contributed by atoms with Gasteiger partial charge in [0.05, 0.1) is 10.9 Å². The molecule has 0 amide bonds. The SMILES string of the molecule is C=Cc1c(O)cc(O)c2c(CCC)cc(=O)oc12. The number of aromatic hydroxyl groups is 2. The molecule has 0 aliphatic rings. The number of phenolic OH excluding ortho intramolecular Hbond substituents is 2. The van der Waals surface area contributed by atoms with Crippen molar-refractivity contribution in [1.82, 2.24) is 0 Å². The first kappa shape index (κ1) is 12.2. The second-order valence-corrected chi connectivity index (χ2v) is 4.08. The molecule has 0 unspecified atom stereocenters. The summed E-state index contributed by atoms with van der Waals surface area (Å²) in [7, 11) is 0. The van der Waals surface area contributed by atoms with E-state index in [9.17, 15) is 15.0 Å². The Kier molecular flexibility index (Phi) is 3.10. The van der Waals surface area contributed by atoms with Crippen LogP contribution in [0.3, 0.4) is 0 Å². The van der Waals surface area contributed by atoms with Crippen LogP contribution in [-0.4, -0.2) is 10.2 Å². The maximum atomic E-state index is 11.5. The van der Waals surface area contributed by atoms with E-state index in [0.29, 0.717) is 22.9 Å². The smallest absolute Gasteiger partial charge is 0.336 e. The summed E-state index contributed by atoms with van der Waals surface area (Å²) in [6.45, 7) is 5.55. The highest BCUT2D eigenvalue weighted by Gasteiger charge is 2.15. The van der Waals surface area contributed by atoms with Gasteiger partial charge in [-0.05, 0) is 12.0 Å². The zero-order valence-corrected chi connectivity index (χ0v) is 10.1. The Labute approximate surface area is 104 Å². The van der Waals surface area contributed by atoms with Crippen LogP contribution in [0.15, 0.2) is 27.9 Å². The maximum absolute atomic E-state index is 11.5. The highest BCUT2D eigenvalue weighted by atomic mass is 16.4. The lowest BCUT2D eigenvalue weighted by atomic mass is 10.0. The van der Waals surface area contributed by atoms with E-state index in [0.717, 1.165) is 6.42 Å². The van der Waals surface area contributed by atoms with E-state index in [1.165, 1.54) is 18.2 Å². The van der Waals surface area contributed by atoms with Crippen molar-refractivity contribution in [2.45, 2.75) is 19.8 Å². The lowest BCUT2D eigenvalue weighted by molar-refractivity contribution is 0.449. The molecule has 18 heavy (non-hydrogen) atoms. The van der Waals surface area contributed by atoms with Crippen molar-refractivity contribution in [3.05, 3.63) is 40.3 Å². The minimum Gasteiger partial charge on any atom is -0.507 e. The Hall–Kier alpha value is -2.23. The summed E-state index contributed by atoms with van der Waals surface area (Å²) in [4.78, 5) is 11.5. The van der Waals surface area contributed by atoms with Crippen molar-refractivity contribution in [1.29, 1.82) is 0 Å². The summed E-state index contributed by atoms with van der Waals surface area (Å²) >= 11 is 0. The Morgan fingerprint density at radius 3 is 2.67 bits per heavy atom. The molecule has 0 bridgehead atoms. The fourth-order valence-corrected chi connectivity index (χ4v) is 2.07. The number of phenols is 2. The van der Waals surface area contributed by atoms with Crippen molar-refractivity contribution in [2.24, 2.45) is 0 Å². The first-order chi connectivity index (χ1) is 8.58. The first-order valence-electron chi connectivity index (χ1n) is 5.72. The van der Waals surface area contributed by atoms with Gasteiger partial charge in [0.1, 0.15) is 11.5 Å². The minimum atomic E-state index is -0.501. The van der Waals surface area contributed by atoms with Crippen LogP contribution in [-0.2, 0) is 6.42 Å². The Morgan fingerprint density at radius 2 is 2.06 bits per heavy atom.